The van der Waals surface area contributed by atoms with Gasteiger partial charge in [0.25, 0.3) is 5.91 Å². The number of aryl methyl sites for hydroxylation is 1. The van der Waals surface area contributed by atoms with E-state index in [1.165, 1.54) is 7.11 Å². The second kappa shape index (κ2) is 11.8. The highest BCUT2D eigenvalue weighted by atomic mass is 35.5. The predicted octanol–water partition coefficient (Wildman–Crippen LogP) is 4.47. The molecule has 16 heteroatoms. The number of piperidine rings is 1. The van der Waals surface area contributed by atoms with Gasteiger partial charge in [-0.25, -0.2) is 4.39 Å². The third-order valence-electron chi connectivity index (χ3n) is 9.70. The van der Waals surface area contributed by atoms with Crippen LogP contribution < -0.4 is 15.4 Å². The first-order valence-electron chi connectivity index (χ1n) is 15.6. The average Bonchev–Trinajstić information content (AvgIpc) is 3.18. The van der Waals surface area contributed by atoms with Gasteiger partial charge in [0, 0.05) is 55.7 Å². The molecule has 4 aliphatic heterocycles. The summed E-state index contributed by atoms with van der Waals surface area (Å²) >= 11 is 6.87. The van der Waals surface area contributed by atoms with E-state index in [2.05, 4.69) is 27.0 Å². The lowest BCUT2D eigenvalue weighted by Crippen LogP contribution is -2.63. The maximum absolute atomic E-state index is 15.1. The van der Waals surface area contributed by atoms with Crippen molar-refractivity contribution < 1.29 is 31.8 Å². The van der Waals surface area contributed by atoms with Crippen LogP contribution in [0.4, 0.5) is 29.1 Å². The number of carbonyl (C=O) groups is 1. The number of likely N-dealkylation sites (tertiary alicyclic amines) is 2. The Hall–Kier alpha value is -3.69. The van der Waals surface area contributed by atoms with Gasteiger partial charge in [-0.1, -0.05) is 11.6 Å². The molecule has 1 amide bonds. The lowest BCUT2D eigenvalue weighted by Gasteiger charge is -2.54. The van der Waals surface area contributed by atoms with Crippen LogP contribution in [0.15, 0.2) is 12.1 Å². The van der Waals surface area contributed by atoms with Crippen LogP contribution in [-0.4, -0.2) is 82.3 Å². The zero-order chi connectivity index (χ0) is 33.2. The summed E-state index contributed by atoms with van der Waals surface area (Å²) in [5.74, 6) is -0.901. The summed E-state index contributed by atoms with van der Waals surface area (Å²) in [4.78, 5) is 28.6. The maximum Gasteiger partial charge on any atom is 0.416 e. The lowest BCUT2D eigenvalue weighted by molar-refractivity contribution is -0.140. The molecule has 2 N–H and O–H groups in total. The number of nitrogens with zero attached hydrogens (tertiary/aromatic N) is 7. The molecule has 7 rings (SSSR count). The highest BCUT2D eigenvalue weighted by molar-refractivity contribution is 6.34. The Balaban J connectivity index is 1.16. The zero-order valence-corrected chi connectivity index (χ0v) is 26.8. The molecule has 0 saturated carbocycles. The molecule has 0 radical (unpaired) electrons. The molecule has 11 nitrogen and oxygen atoms in total. The molecule has 0 aliphatic carbocycles. The van der Waals surface area contributed by atoms with Gasteiger partial charge in [-0.2, -0.15) is 28.2 Å². The Morgan fingerprint density at radius 2 is 1.94 bits per heavy atom. The van der Waals surface area contributed by atoms with Crippen LogP contribution in [0.2, 0.25) is 5.02 Å². The van der Waals surface area contributed by atoms with E-state index in [1.807, 2.05) is 9.80 Å². The van der Waals surface area contributed by atoms with Gasteiger partial charge in [-0.05, 0) is 45.0 Å². The molecule has 4 aliphatic rings. The first-order valence-corrected chi connectivity index (χ1v) is 15.9. The van der Waals surface area contributed by atoms with E-state index in [-0.39, 0.29) is 47.6 Å². The van der Waals surface area contributed by atoms with E-state index in [0.29, 0.717) is 55.4 Å². The number of alkyl halides is 3. The number of nitrogen functional groups attached to an aromatic ring is 1. The molecule has 2 aromatic heterocycles. The number of anilines is 2. The number of ether oxygens (including phenoxy) is 2. The number of aromatic nitrogens is 4. The fourth-order valence-electron chi connectivity index (χ4n) is 7.51. The lowest BCUT2D eigenvalue weighted by atomic mass is 9.73. The number of hydrogen-bond acceptors (Lipinski definition) is 9. The highest BCUT2D eigenvalue weighted by Gasteiger charge is 2.48. The summed E-state index contributed by atoms with van der Waals surface area (Å²) < 4.78 is 69.8. The molecule has 1 aromatic carbocycles. The van der Waals surface area contributed by atoms with Gasteiger partial charge in [0.05, 0.1) is 54.0 Å². The van der Waals surface area contributed by atoms with Gasteiger partial charge < -0.3 is 29.9 Å². The number of fused-ring (bicyclic) bond motifs is 2. The molecule has 252 valence electrons. The standard InChI is InChI=1S/C31H35ClF4N8O3/c1-41-8-3-7-30(14-41)15-43(16-30)28(45)26-24(32)21-12-42(9-4-10-44(21)40-26)27-17-13-47-22(11-20(17)38-29(39-27)46-2)23-18(31(34,35)36)5-6-19(37)25(23)33/h5-6,22H,3-4,7-16,37H2,1-2H3. The average molecular weight is 679 g/mol. The molecule has 47 heavy (non-hydrogen) atoms. The van der Waals surface area contributed by atoms with E-state index in [0.717, 1.165) is 38.1 Å². The molecule has 1 spiro atoms. The van der Waals surface area contributed by atoms with Crippen LogP contribution in [-0.2, 0) is 37.0 Å². The first kappa shape index (κ1) is 31.9. The van der Waals surface area contributed by atoms with Crippen molar-refractivity contribution in [3.05, 3.63) is 56.7 Å². The molecule has 2 fully saturated rings. The van der Waals surface area contributed by atoms with Crippen LogP contribution in [0.25, 0.3) is 0 Å². The van der Waals surface area contributed by atoms with Crippen molar-refractivity contribution in [1.29, 1.82) is 0 Å². The van der Waals surface area contributed by atoms with Crippen molar-refractivity contribution in [2.75, 3.05) is 57.5 Å². The van der Waals surface area contributed by atoms with E-state index in [1.54, 1.807) is 4.68 Å². The van der Waals surface area contributed by atoms with E-state index in [4.69, 9.17) is 26.8 Å². The van der Waals surface area contributed by atoms with Gasteiger partial charge in [-0.3, -0.25) is 9.48 Å². The number of hydrogen-bond donors (Lipinski definition) is 1. The van der Waals surface area contributed by atoms with Crippen LogP contribution in [0.3, 0.4) is 0 Å². The molecule has 2 saturated heterocycles. The van der Waals surface area contributed by atoms with Crippen molar-refractivity contribution in [3.63, 3.8) is 0 Å². The highest BCUT2D eigenvalue weighted by Crippen LogP contribution is 2.44. The van der Waals surface area contributed by atoms with Gasteiger partial charge >= 0.3 is 12.2 Å². The number of nitrogens with two attached hydrogens (primary N) is 1. The zero-order valence-electron chi connectivity index (χ0n) is 26.0. The Morgan fingerprint density at radius 3 is 2.66 bits per heavy atom. The second-order valence-corrected chi connectivity index (χ2v) is 13.4. The van der Waals surface area contributed by atoms with Crippen LogP contribution in [0.1, 0.15) is 63.9 Å². The van der Waals surface area contributed by atoms with Crippen molar-refractivity contribution in [1.82, 2.24) is 29.5 Å². The molecule has 3 aromatic rings. The third kappa shape index (κ3) is 5.65. The third-order valence-corrected chi connectivity index (χ3v) is 10.1. The summed E-state index contributed by atoms with van der Waals surface area (Å²) in [6, 6.07) is 1.66. The molecule has 0 bridgehead atoms. The maximum atomic E-state index is 15.1. The fraction of sp³-hybridized carbons (Fsp3) is 0.548. The Kier molecular flexibility index (Phi) is 7.99. The minimum absolute atomic E-state index is 0.00304. The van der Waals surface area contributed by atoms with Crippen LogP contribution >= 0.6 is 11.6 Å². The minimum atomic E-state index is -4.82. The SMILES string of the molecule is COc1nc2c(c(N3CCCn4nc(C(=O)N5CC6(CCCN(C)C6)C5)c(Cl)c4C3)n1)COC(c1c(C(F)(F)F)ccc(N)c1F)C2. The molecule has 1 unspecified atom stereocenters. The van der Waals surface area contributed by atoms with Crippen LogP contribution in [0, 0.1) is 11.2 Å². The molecule has 1 atom stereocenters. The van der Waals surface area contributed by atoms with E-state index < -0.39 is 34.9 Å². The number of benzene rings is 1. The van der Waals surface area contributed by atoms with E-state index >= 15 is 4.39 Å². The van der Waals surface area contributed by atoms with Gasteiger partial charge in [-0.15, -0.1) is 0 Å². The Morgan fingerprint density at radius 1 is 1.15 bits per heavy atom. The molecular weight excluding hydrogens is 644 g/mol. The number of methoxy groups -OCH3 is 1. The van der Waals surface area contributed by atoms with Crippen molar-refractivity contribution in [2.24, 2.45) is 5.41 Å². The largest absolute Gasteiger partial charge is 0.467 e. The predicted molar refractivity (Wildman–Crippen MR) is 164 cm³/mol. The quantitative estimate of drug-likeness (QED) is 0.316. The smallest absolute Gasteiger partial charge is 0.416 e. The summed E-state index contributed by atoms with van der Waals surface area (Å²) in [5, 5.41) is 4.92. The van der Waals surface area contributed by atoms with Gasteiger partial charge in [0.15, 0.2) is 11.5 Å². The van der Waals surface area contributed by atoms with Gasteiger partial charge in [0.2, 0.25) is 0 Å². The van der Waals surface area contributed by atoms with E-state index in [9.17, 15) is 18.0 Å². The normalized spacial score (nSPS) is 21.2. The van der Waals surface area contributed by atoms with Crippen molar-refractivity contribution in [2.45, 2.75) is 57.7 Å². The molecular formula is C31H35ClF4N8O3. The molecule has 6 heterocycles. The Labute approximate surface area is 273 Å². The number of halogens is 5. The van der Waals surface area contributed by atoms with Crippen LogP contribution in [0.5, 0.6) is 6.01 Å². The van der Waals surface area contributed by atoms with Gasteiger partial charge in [0.1, 0.15) is 5.82 Å². The summed E-state index contributed by atoms with van der Waals surface area (Å²) in [7, 11) is 3.50. The van der Waals surface area contributed by atoms with Crippen molar-refractivity contribution >= 4 is 29.0 Å². The number of carbonyl (C=O) groups excluding carboxylic acids is 1. The summed E-state index contributed by atoms with van der Waals surface area (Å²) in [6.45, 7) is 4.52. The minimum Gasteiger partial charge on any atom is -0.467 e. The first-order chi connectivity index (χ1) is 22.4. The summed E-state index contributed by atoms with van der Waals surface area (Å²) in [6.07, 6.45) is -3.42. The Bertz CT molecular complexity index is 1730. The van der Waals surface area contributed by atoms with Crippen molar-refractivity contribution in [3.8, 4) is 6.01 Å². The second-order valence-electron chi connectivity index (χ2n) is 13.0. The summed E-state index contributed by atoms with van der Waals surface area (Å²) in [5.41, 5.74) is 5.36. The number of amides is 1. The fourth-order valence-corrected chi connectivity index (χ4v) is 7.79. The monoisotopic (exact) mass is 678 g/mol. The number of rotatable bonds is 4. The topological polar surface area (TPSA) is 115 Å².